The number of aromatic nitrogens is 2. The number of hydrogen-bond donors (Lipinski definition) is 0. The predicted molar refractivity (Wildman–Crippen MR) is 100 cm³/mol. The van der Waals surface area contributed by atoms with E-state index in [4.69, 9.17) is 23.2 Å². The zero-order valence-corrected chi connectivity index (χ0v) is 14.6. The van der Waals surface area contributed by atoms with Crippen LogP contribution < -0.4 is 4.90 Å². The molecule has 122 valence electrons. The van der Waals surface area contributed by atoms with E-state index in [0.717, 1.165) is 47.5 Å². The Bertz CT molecular complexity index is 873. The van der Waals surface area contributed by atoms with E-state index in [-0.39, 0.29) is 0 Å². The van der Waals surface area contributed by atoms with Crippen molar-refractivity contribution in [3.8, 4) is 0 Å². The van der Waals surface area contributed by atoms with E-state index in [0.29, 0.717) is 10.9 Å². The molecule has 2 aromatic carbocycles. The Morgan fingerprint density at radius 3 is 2.58 bits per heavy atom. The first-order chi connectivity index (χ1) is 11.7. The second-order valence-electron chi connectivity index (χ2n) is 6.18. The first-order valence-corrected chi connectivity index (χ1v) is 8.88. The molecule has 24 heavy (non-hydrogen) atoms. The molecule has 5 heteroatoms. The number of hydrogen-bond acceptors (Lipinski definition) is 3. The van der Waals surface area contributed by atoms with Gasteiger partial charge < -0.3 is 4.90 Å². The maximum absolute atomic E-state index is 6.25. The third-order valence-corrected chi connectivity index (χ3v) is 5.30. The van der Waals surface area contributed by atoms with Crippen LogP contribution in [0.5, 0.6) is 0 Å². The van der Waals surface area contributed by atoms with Gasteiger partial charge in [0.1, 0.15) is 5.52 Å². The van der Waals surface area contributed by atoms with Crippen molar-refractivity contribution in [3.05, 3.63) is 64.3 Å². The molecule has 2 heterocycles. The SMILES string of the molecule is Clc1cccc(C2CCN(c3cnnc4c(Cl)cccc34)CC2)c1. The summed E-state index contributed by atoms with van der Waals surface area (Å²) in [6.07, 6.45) is 4.05. The lowest BCUT2D eigenvalue weighted by Crippen LogP contribution is -2.33. The van der Waals surface area contributed by atoms with E-state index in [1.54, 1.807) is 0 Å². The smallest absolute Gasteiger partial charge is 0.114 e. The van der Waals surface area contributed by atoms with Crippen molar-refractivity contribution in [2.75, 3.05) is 18.0 Å². The number of halogens is 2. The molecule has 0 atom stereocenters. The van der Waals surface area contributed by atoms with Gasteiger partial charge in [-0.3, -0.25) is 0 Å². The van der Waals surface area contributed by atoms with Gasteiger partial charge in [0.2, 0.25) is 0 Å². The van der Waals surface area contributed by atoms with Crippen molar-refractivity contribution >= 4 is 39.8 Å². The minimum atomic E-state index is 0.560. The fraction of sp³-hybridized carbons (Fsp3) is 0.263. The van der Waals surface area contributed by atoms with E-state index >= 15 is 0 Å². The van der Waals surface area contributed by atoms with Gasteiger partial charge >= 0.3 is 0 Å². The van der Waals surface area contributed by atoms with Gasteiger partial charge in [-0.2, -0.15) is 5.10 Å². The second kappa shape index (κ2) is 6.58. The average Bonchev–Trinajstić information content (AvgIpc) is 2.62. The van der Waals surface area contributed by atoms with Gasteiger partial charge in [0.25, 0.3) is 0 Å². The van der Waals surface area contributed by atoms with Crippen molar-refractivity contribution in [1.29, 1.82) is 0 Å². The topological polar surface area (TPSA) is 29.0 Å². The third kappa shape index (κ3) is 2.94. The van der Waals surface area contributed by atoms with E-state index in [9.17, 15) is 0 Å². The number of benzene rings is 2. The Balaban J connectivity index is 1.57. The quantitative estimate of drug-likeness (QED) is 0.621. The van der Waals surface area contributed by atoms with Crippen LogP contribution in [0.3, 0.4) is 0 Å². The average molecular weight is 358 g/mol. The van der Waals surface area contributed by atoms with Crippen LogP contribution in [0.4, 0.5) is 5.69 Å². The monoisotopic (exact) mass is 357 g/mol. The Kier molecular flexibility index (Phi) is 4.30. The molecular formula is C19H17Cl2N3. The standard InChI is InChI=1S/C19H17Cl2N3/c20-15-4-1-3-14(11-15)13-7-9-24(10-8-13)18-12-22-23-19-16(18)5-2-6-17(19)21/h1-6,11-13H,7-10H2. The largest absolute Gasteiger partial charge is 0.370 e. The van der Waals surface area contributed by atoms with Crippen LogP contribution in [0.25, 0.3) is 10.9 Å². The number of piperidine rings is 1. The Hall–Kier alpha value is -1.84. The highest BCUT2D eigenvalue weighted by molar-refractivity contribution is 6.35. The molecule has 1 aliphatic heterocycles. The van der Waals surface area contributed by atoms with Crippen LogP contribution in [0.2, 0.25) is 10.0 Å². The molecule has 1 aromatic heterocycles. The van der Waals surface area contributed by atoms with E-state index < -0.39 is 0 Å². The summed E-state index contributed by atoms with van der Waals surface area (Å²) in [6.45, 7) is 1.98. The molecule has 3 aromatic rings. The maximum atomic E-state index is 6.25. The van der Waals surface area contributed by atoms with Gasteiger partial charge in [0, 0.05) is 23.5 Å². The molecule has 0 spiro atoms. The highest BCUT2D eigenvalue weighted by Crippen LogP contribution is 2.34. The summed E-state index contributed by atoms with van der Waals surface area (Å²) in [7, 11) is 0. The molecule has 1 fully saturated rings. The first kappa shape index (κ1) is 15.7. The first-order valence-electron chi connectivity index (χ1n) is 8.13. The molecule has 0 bridgehead atoms. The lowest BCUT2D eigenvalue weighted by Gasteiger charge is -2.34. The van der Waals surface area contributed by atoms with Crippen LogP contribution in [-0.4, -0.2) is 23.3 Å². The molecule has 0 amide bonds. The predicted octanol–water partition coefficient (Wildman–Crippen LogP) is 5.32. The van der Waals surface area contributed by atoms with Gasteiger partial charge in [0.15, 0.2) is 0 Å². The normalized spacial score (nSPS) is 15.8. The van der Waals surface area contributed by atoms with E-state index in [1.807, 2.05) is 30.5 Å². The Labute approximate surface area is 151 Å². The molecule has 0 aliphatic carbocycles. The van der Waals surface area contributed by atoms with Crippen LogP contribution in [-0.2, 0) is 0 Å². The lowest BCUT2D eigenvalue weighted by atomic mass is 9.89. The summed E-state index contributed by atoms with van der Waals surface area (Å²) in [5, 5.41) is 10.9. The molecule has 3 nitrogen and oxygen atoms in total. The number of anilines is 1. The summed E-state index contributed by atoms with van der Waals surface area (Å²) >= 11 is 12.4. The number of rotatable bonds is 2. The van der Waals surface area contributed by atoms with Crippen LogP contribution in [0, 0.1) is 0 Å². The fourth-order valence-corrected chi connectivity index (χ4v) is 3.91. The van der Waals surface area contributed by atoms with Gasteiger partial charge in [-0.1, -0.05) is 47.5 Å². The molecular weight excluding hydrogens is 341 g/mol. The van der Waals surface area contributed by atoms with Gasteiger partial charge in [0.05, 0.1) is 16.9 Å². The van der Waals surface area contributed by atoms with Gasteiger partial charge in [-0.05, 0) is 42.5 Å². The van der Waals surface area contributed by atoms with Gasteiger partial charge in [-0.15, -0.1) is 5.10 Å². The summed E-state index contributed by atoms with van der Waals surface area (Å²) < 4.78 is 0. The lowest BCUT2D eigenvalue weighted by molar-refractivity contribution is 0.506. The number of nitrogens with zero attached hydrogens (tertiary/aromatic N) is 3. The molecule has 0 N–H and O–H groups in total. The molecule has 0 unspecified atom stereocenters. The summed E-state index contributed by atoms with van der Waals surface area (Å²) in [5.74, 6) is 0.560. The molecule has 4 rings (SSSR count). The van der Waals surface area contributed by atoms with Crippen LogP contribution in [0.1, 0.15) is 24.3 Å². The highest BCUT2D eigenvalue weighted by atomic mass is 35.5. The maximum Gasteiger partial charge on any atom is 0.114 e. The Morgan fingerprint density at radius 2 is 1.79 bits per heavy atom. The van der Waals surface area contributed by atoms with Crippen molar-refractivity contribution in [2.24, 2.45) is 0 Å². The molecule has 0 saturated carbocycles. The van der Waals surface area contributed by atoms with Gasteiger partial charge in [-0.25, -0.2) is 0 Å². The van der Waals surface area contributed by atoms with Crippen molar-refractivity contribution in [3.63, 3.8) is 0 Å². The zero-order chi connectivity index (χ0) is 16.5. The molecule has 0 radical (unpaired) electrons. The van der Waals surface area contributed by atoms with Crippen LogP contribution >= 0.6 is 23.2 Å². The third-order valence-electron chi connectivity index (χ3n) is 4.76. The van der Waals surface area contributed by atoms with Crippen molar-refractivity contribution in [1.82, 2.24) is 10.2 Å². The minimum Gasteiger partial charge on any atom is -0.370 e. The minimum absolute atomic E-state index is 0.560. The summed E-state index contributed by atoms with van der Waals surface area (Å²) in [6, 6.07) is 14.1. The van der Waals surface area contributed by atoms with E-state index in [2.05, 4.69) is 33.3 Å². The highest BCUT2D eigenvalue weighted by Gasteiger charge is 2.22. The molecule has 1 aliphatic rings. The molecule has 1 saturated heterocycles. The Morgan fingerprint density at radius 1 is 1.00 bits per heavy atom. The van der Waals surface area contributed by atoms with Crippen molar-refractivity contribution < 1.29 is 0 Å². The fourth-order valence-electron chi connectivity index (χ4n) is 3.50. The van der Waals surface area contributed by atoms with Crippen LogP contribution in [0.15, 0.2) is 48.7 Å². The van der Waals surface area contributed by atoms with Crippen molar-refractivity contribution in [2.45, 2.75) is 18.8 Å². The van der Waals surface area contributed by atoms with E-state index in [1.165, 1.54) is 5.56 Å². The zero-order valence-electron chi connectivity index (χ0n) is 13.1. The number of fused-ring (bicyclic) bond motifs is 1. The summed E-state index contributed by atoms with van der Waals surface area (Å²) in [4.78, 5) is 2.38. The summed E-state index contributed by atoms with van der Waals surface area (Å²) in [5.41, 5.74) is 3.23. The second-order valence-corrected chi connectivity index (χ2v) is 7.03.